The number of hydrogen-bond acceptors (Lipinski definition) is 0. The second kappa shape index (κ2) is 51.8. The van der Waals surface area contributed by atoms with E-state index in [1.165, 1.54) is 0 Å². The molecule has 6 N–H and O–H groups in total. The first-order valence-corrected chi connectivity index (χ1v) is 0. The Kier molecular flexibility index (Phi) is 522. The summed E-state index contributed by atoms with van der Waals surface area (Å²) in [6.07, 6.45) is 0. The summed E-state index contributed by atoms with van der Waals surface area (Å²) >= 11 is 0. The molecule has 0 aliphatic heterocycles. The molecule has 7 heavy (non-hydrogen) atoms. The molecule has 0 spiro atoms. The van der Waals surface area contributed by atoms with Crippen LogP contribution in [-0.2, 0) is 0 Å². The van der Waals surface area contributed by atoms with Crippen LogP contribution in [0.25, 0.3) is 0 Å². The zero-order valence-electron chi connectivity index (χ0n) is 9.50. The van der Waals surface area contributed by atoms with E-state index in [0.717, 1.165) is 0 Å². The smallest absolute Gasteiger partial charge is 1.00 e. The van der Waals surface area contributed by atoms with E-state index in [4.69, 9.17) is 0 Å². The van der Waals surface area contributed by atoms with Crippen molar-refractivity contribution < 1.29 is 140 Å². The number of rotatable bonds is 0. The summed E-state index contributed by atoms with van der Waals surface area (Å²) in [4.78, 5) is 0. The van der Waals surface area contributed by atoms with E-state index in [9.17, 15) is 0 Å². The summed E-state index contributed by atoms with van der Waals surface area (Å²) < 4.78 is 0. The van der Waals surface area contributed by atoms with Crippen molar-refractivity contribution in [3.63, 3.8) is 0 Å². The first-order chi connectivity index (χ1) is 0. The van der Waals surface area contributed by atoms with Gasteiger partial charge in [0.25, 0.3) is 0 Å². The third-order valence-electron chi connectivity index (χ3n) is 0. The summed E-state index contributed by atoms with van der Waals surface area (Å²) in [5.74, 6) is 0. The van der Waals surface area contributed by atoms with Gasteiger partial charge in [0.2, 0.25) is 0 Å². The molecule has 0 aliphatic carbocycles. The maximum atomic E-state index is 0. The van der Waals surface area contributed by atoms with Crippen molar-refractivity contribution in [2.45, 2.75) is 0 Å². The quantitative estimate of drug-likeness (QED) is 0.306. The third-order valence-corrected chi connectivity index (χ3v) is 0. The van der Waals surface area contributed by atoms with Gasteiger partial charge >= 0.3 is 118 Å². The fraction of sp³-hybridized carbons (Fsp3) is 0. The molecule has 0 heterocycles. The summed E-state index contributed by atoms with van der Waals surface area (Å²) in [7, 11) is 0. The second-order valence-electron chi connectivity index (χ2n) is 0. The predicted molar refractivity (Wildman–Crippen MR) is 15.3 cm³/mol. The van der Waals surface area contributed by atoms with Crippen molar-refractivity contribution >= 4 is 0 Å². The molecule has 32 valence electrons. The van der Waals surface area contributed by atoms with Crippen LogP contribution < -0.4 is 118 Å². The summed E-state index contributed by atoms with van der Waals surface area (Å²) in [6.45, 7) is 0. The Morgan fingerprint density at radius 2 is 0.429 bits per heavy atom. The Labute approximate surface area is 137 Å². The molecule has 0 saturated heterocycles. The van der Waals surface area contributed by atoms with Crippen molar-refractivity contribution in [1.29, 1.82) is 0 Å². The average Bonchev–Trinajstić information content (AvgIpc) is 0. The van der Waals surface area contributed by atoms with Crippen LogP contribution in [0.5, 0.6) is 0 Å². The van der Waals surface area contributed by atoms with Crippen LogP contribution in [0.1, 0.15) is 5.71 Å². The third kappa shape index (κ3) is 40.8. The van der Waals surface area contributed by atoms with Crippen molar-refractivity contribution in [1.82, 2.24) is 0 Å². The molecule has 0 fully saturated rings. The topological polar surface area (TPSA) is 94.5 Å². The fourth-order valence-electron chi connectivity index (χ4n) is 0. The van der Waals surface area contributed by atoms with Crippen LogP contribution in [0.2, 0.25) is 0 Å². The molecule has 0 radical (unpaired) electrons. The molecule has 0 unspecified atom stereocenters. The van der Waals surface area contributed by atoms with Crippen LogP contribution in [0.4, 0.5) is 0 Å². The van der Waals surface area contributed by atoms with Gasteiger partial charge in [-0.05, 0) is 0 Å². The molecule has 0 saturated carbocycles. The van der Waals surface area contributed by atoms with Gasteiger partial charge in [-0.25, -0.2) is 0 Å². The first-order valence-electron chi connectivity index (χ1n) is 0. The molecule has 0 bridgehead atoms. The zero-order chi connectivity index (χ0) is 0. The van der Waals surface area contributed by atoms with Gasteiger partial charge in [0.1, 0.15) is 0 Å². The summed E-state index contributed by atoms with van der Waals surface area (Å²) in [5.41, 5.74) is 0. The van der Waals surface area contributed by atoms with Crippen LogP contribution in [-0.4, -0.2) is 16.4 Å². The van der Waals surface area contributed by atoms with Crippen molar-refractivity contribution in [2.24, 2.45) is 0 Å². The Morgan fingerprint density at radius 1 is 0.429 bits per heavy atom. The normalized spacial score (nSPS) is 0. The van der Waals surface area contributed by atoms with Crippen LogP contribution in [0.3, 0.4) is 0 Å². The van der Waals surface area contributed by atoms with Gasteiger partial charge in [0.05, 0.1) is 0 Å². The Bertz CT molecular complexity index is 17.3. The average molecular weight is 150 g/mol. The van der Waals surface area contributed by atoms with Crippen LogP contribution in [0.15, 0.2) is 0 Å². The van der Waals surface area contributed by atoms with Gasteiger partial charge in [-0.2, -0.15) is 0 Å². The molecule has 0 aromatic heterocycles. The van der Waals surface area contributed by atoms with Gasteiger partial charge in [0.15, 0.2) is 0 Å². The fourth-order valence-corrected chi connectivity index (χ4v) is 0. The molecule has 0 atom stereocenters. The molecule has 7 heteroatoms. The van der Waals surface area contributed by atoms with E-state index in [0.29, 0.717) is 0 Å². The maximum absolute atomic E-state index is 0. The minimum absolute atomic E-state index is 0. The molecule has 0 rings (SSSR count). The van der Waals surface area contributed by atoms with E-state index in [-0.39, 0.29) is 140 Å². The molecule has 0 amide bonds. The summed E-state index contributed by atoms with van der Waals surface area (Å²) in [5, 5.41) is 0. The van der Waals surface area contributed by atoms with Crippen LogP contribution in [0, 0.1) is 0 Å². The van der Waals surface area contributed by atoms with E-state index in [1.54, 1.807) is 0 Å². The van der Waals surface area contributed by atoms with Crippen LogP contribution >= 0.6 is 0 Å². The largest absolute Gasteiger partial charge is 1.00 e. The maximum Gasteiger partial charge on any atom is 1.00 e. The minimum Gasteiger partial charge on any atom is -1.00 e. The van der Waals surface area contributed by atoms with E-state index < -0.39 is 0 Å². The van der Waals surface area contributed by atoms with Gasteiger partial charge < -0.3 is 22.1 Å². The van der Waals surface area contributed by atoms with Crippen molar-refractivity contribution in [2.75, 3.05) is 0 Å². The Hall–Kier alpha value is 3.88. The van der Waals surface area contributed by atoms with E-state index >= 15 is 0 Å². The van der Waals surface area contributed by atoms with Gasteiger partial charge in [-0.1, -0.05) is 0 Å². The molecular weight excluding hydrogens is 140 g/mol. The molecule has 0 aliphatic rings. The minimum atomic E-state index is 0. The molecular formula is H10Na4O3. The van der Waals surface area contributed by atoms with E-state index in [1.807, 2.05) is 0 Å². The molecule has 3 nitrogen and oxygen atoms in total. The van der Waals surface area contributed by atoms with Gasteiger partial charge in [-0.3, -0.25) is 0 Å². The van der Waals surface area contributed by atoms with Gasteiger partial charge in [-0.15, -0.1) is 0 Å². The zero-order valence-corrected chi connectivity index (χ0v) is 13.5. The monoisotopic (exact) mass is 150 g/mol. The van der Waals surface area contributed by atoms with Gasteiger partial charge in [0, 0.05) is 0 Å². The van der Waals surface area contributed by atoms with E-state index in [2.05, 4.69) is 0 Å². The SMILES string of the molecule is O.O.O.[H-].[H-].[H-].[H-].[Na+].[Na+].[Na+].[Na+]. The Morgan fingerprint density at radius 3 is 0.429 bits per heavy atom. The molecule has 0 aromatic carbocycles. The number of hydrogen-bond donors (Lipinski definition) is 0. The van der Waals surface area contributed by atoms with Crippen molar-refractivity contribution in [3.8, 4) is 0 Å². The predicted octanol–water partition coefficient (Wildman–Crippen LogP) is -14.0. The first kappa shape index (κ1) is 70.5. The Balaban J connectivity index is 0. The van der Waals surface area contributed by atoms with Crippen molar-refractivity contribution in [3.05, 3.63) is 0 Å². The molecule has 0 aromatic rings. The summed E-state index contributed by atoms with van der Waals surface area (Å²) in [6, 6.07) is 0. The standard InChI is InChI=1S/4Na.3H2O.4H/h;;;;3*1H2;;;;/q4*+1;;;;4*-1. The second-order valence-corrected chi connectivity index (χ2v) is 0.